The second-order valence-corrected chi connectivity index (χ2v) is 7.46. The molecule has 3 aromatic carbocycles. The number of carbonyl (C=O) groups is 2. The summed E-state index contributed by atoms with van der Waals surface area (Å²) in [5.41, 5.74) is 2.42. The molecule has 0 heterocycles. The molecule has 0 aliphatic carbocycles. The van der Waals surface area contributed by atoms with Crippen LogP contribution in [0.1, 0.15) is 11.1 Å². The number of anilines is 1. The van der Waals surface area contributed by atoms with Crippen molar-refractivity contribution in [1.82, 2.24) is 4.90 Å². The number of aliphatic carboxylic acids is 1. The number of amides is 2. The van der Waals surface area contributed by atoms with E-state index in [-0.39, 0.29) is 12.5 Å². The van der Waals surface area contributed by atoms with Crippen molar-refractivity contribution >= 4 is 29.3 Å². The fourth-order valence-electron chi connectivity index (χ4n) is 2.91. The van der Waals surface area contributed by atoms with Crippen molar-refractivity contribution in [3.8, 4) is 11.5 Å². The average molecular weight is 439 g/mol. The number of rotatable bonds is 8. The van der Waals surface area contributed by atoms with Gasteiger partial charge in [0, 0.05) is 19.3 Å². The van der Waals surface area contributed by atoms with Gasteiger partial charge in [0.2, 0.25) is 0 Å². The number of nitrogens with one attached hydrogen (secondary N) is 1. The first kappa shape index (κ1) is 22.2. The highest BCUT2D eigenvalue weighted by Crippen LogP contribution is 2.31. The normalized spacial score (nSPS) is 10.4. The van der Waals surface area contributed by atoms with E-state index in [1.807, 2.05) is 30.3 Å². The van der Waals surface area contributed by atoms with Gasteiger partial charge in [-0.1, -0.05) is 48.0 Å². The van der Waals surface area contributed by atoms with E-state index < -0.39 is 5.97 Å². The highest BCUT2D eigenvalue weighted by atomic mass is 35.5. The molecule has 0 bridgehead atoms. The van der Waals surface area contributed by atoms with E-state index in [1.54, 1.807) is 54.4 Å². The summed E-state index contributed by atoms with van der Waals surface area (Å²) in [6, 6.07) is 21.6. The van der Waals surface area contributed by atoms with Crippen LogP contribution in [0.5, 0.6) is 11.5 Å². The second-order valence-electron chi connectivity index (χ2n) is 7.05. The predicted octanol–water partition coefficient (Wildman–Crippen LogP) is 5.47. The molecule has 0 atom stereocenters. The molecule has 6 nitrogen and oxygen atoms in total. The molecule has 2 amide bonds. The van der Waals surface area contributed by atoms with Gasteiger partial charge in [0.1, 0.15) is 11.5 Å². The molecule has 0 aliphatic rings. The minimum Gasteiger partial charge on any atom is -0.481 e. The van der Waals surface area contributed by atoms with Crippen molar-refractivity contribution in [3.63, 3.8) is 0 Å². The summed E-state index contributed by atoms with van der Waals surface area (Å²) in [4.78, 5) is 24.8. The first-order valence-corrected chi connectivity index (χ1v) is 10.1. The Morgan fingerprint density at radius 3 is 2.35 bits per heavy atom. The number of urea groups is 1. The topological polar surface area (TPSA) is 78.9 Å². The molecule has 3 rings (SSSR count). The summed E-state index contributed by atoms with van der Waals surface area (Å²) in [5, 5.41) is 12.0. The number of hydrogen-bond donors (Lipinski definition) is 2. The van der Waals surface area contributed by atoms with Gasteiger partial charge in [0.05, 0.1) is 11.4 Å². The van der Waals surface area contributed by atoms with Crippen LogP contribution >= 0.6 is 11.6 Å². The van der Waals surface area contributed by atoms with Crippen LogP contribution in [0.25, 0.3) is 0 Å². The lowest BCUT2D eigenvalue weighted by atomic mass is 10.1. The maximum Gasteiger partial charge on any atom is 0.321 e. The molecule has 2 N–H and O–H groups in total. The molecule has 0 radical (unpaired) electrons. The summed E-state index contributed by atoms with van der Waals surface area (Å²) in [6.45, 7) is 0.605. The van der Waals surface area contributed by atoms with Crippen molar-refractivity contribution in [3.05, 3.63) is 88.9 Å². The van der Waals surface area contributed by atoms with Crippen LogP contribution in [0.3, 0.4) is 0 Å². The predicted molar refractivity (Wildman–Crippen MR) is 121 cm³/mol. The monoisotopic (exact) mass is 438 g/mol. The molecule has 0 unspecified atom stereocenters. The standard InChI is InChI=1S/C24H23ClN2O4/c1-27(14-13-17-5-3-2-4-6-17)24(30)26-19-8-10-20(11-9-19)31-22-12-7-18(15-21(22)25)16-23(28)29/h2-12,15H,13-14,16H2,1H3,(H,26,30)(H,28,29). The van der Waals surface area contributed by atoms with Crippen molar-refractivity contribution in [2.45, 2.75) is 12.8 Å². The number of halogens is 1. The van der Waals surface area contributed by atoms with Crippen LogP contribution in [0.15, 0.2) is 72.8 Å². The summed E-state index contributed by atoms with van der Waals surface area (Å²) < 4.78 is 5.76. The third kappa shape index (κ3) is 6.76. The zero-order valence-corrected chi connectivity index (χ0v) is 17.8. The van der Waals surface area contributed by atoms with Gasteiger partial charge in [-0.25, -0.2) is 4.79 Å². The van der Waals surface area contributed by atoms with Gasteiger partial charge in [-0.15, -0.1) is 0 Å². The SMILES string of the molecule is CN(CCc1ccccc1)C(=O)Nc1ccc(Oc2ccc(CC(=O)O)cc2Cl)cc1. The molecular formula is C24H23ClN2O4. The second kappa shape index (κ2) is 10.5. The lowest BCUT2D eigenvalue weighted by Gasteiger charge is -2.18. The number of benzene rings is 3. The number of nitrogens with zero attached hydrogens (tertiary/aromatic N) is 1. The first-order chi connectivity index (χ1) is 14.9. The molecule has 0 fully saturated rings. The molecule has 0 saturated heterocycles. The molecule has 0 saturated carbocycles. The van der Waals surface area contributed by atoms with E-state index in [2.05, 4.69) is 5.32 Å². The summed E-state index contributed by atoms with van der Waals surface area (Å²) in [5.74, 6) is 0.0460. The van der Waals surface area contributed by atoms with Crippen molar-refractivity contribution in [2.24, 2.45) is 0 Å². The molecule has 7 heteroatoms. The third-order valence-corrected chi connectivity index (χ3v) is 4.91. The van der Waals surface area contributed by atoms with E-state index in [1.165, 1.54) is 5.56 Å². The number of hydrogen-bond acceptors (Lipinski definition) is 3. The fourth-order valence-corrected chi connectivity index (χ4v) is 3.15. The molecule has 0 aliphatic heterocycles. The number of likely N-dealkylation sites (N-methyl/N-ethyl adjacent to an activating group) is 1. The van der Waals surface area contributed by atoms with Crippen molar-refractivity contribution < 1.29 is 19.4 Å². The van der Waals surface area contributed by atoms with E-state index in [4.69, 9.17) is 21.4 Å². The summed E-state index contributed by atoms with van der Waals surface area (Å²) in [6.07, 6.45) is 0.678. The van der Waals surface area contributed by atoms with Gasteiger partial charge >= 0.3 is 12.0 Å². The molecule has 0 aromatic heterocycles. The Bertz CT molecular complexity index is 1040. The Kier molecular flexibility index (Phi) is 7.51. The lowest BCUT2D eigenvalue weighted by molar-refractivity contribution is -0.136. The maximum atomic E-state index is 12.4. The Morgan fingerprint density at radius 1 is 1.00 bits per heavy atom. The molecule has 0 spiro atoms. The van der Waals surface area contributed by atoms with Crippen LogP contribution in [-0.2, 0) is 17.6 Å². The third-order valence-electron chi connectivity index (χ3n) is 4.61. The fraction of sp³-hybridized carbons (Fsp3) is 0.167. The Hall–Kier alpha value is -3.51. The van der Waals surface area contributed by atoms with Crippen molar-refractivity contribution in [1.29, 1.82) is 0 Å². The number of carbonyl (C=O) groups excluding carboxylic acids is 1. The van der Waals surface area contributed by atoms with Gasteiger partial charge in [-0.2, -0.15) is 0 Å². The van der Waals surface area contributed by atoms with Gasteiger partial charge in [-0.3, -0.25) is 4.79 Å². The van der Waals surface area contributed by atoms with E-state index in [9.17, 15) is 9.59 Å². The molecule has 31 heavy (non-hydrogen) atoms. The summed E-state index contributed by atoms with van der Waals surface area (Å²) in [7, 11) is 1.76. The van der Waals surface area contributed by atoms with Crippen LogP contribution in [0.4, 0.5) is 10.5 Å². The number of ether oxygens (including phenoxy) is 1. The van der Waals surface area contributed by atoms with Gasteiger partial charge in [-0.05, 0) is 53.9 Å². The van der Waals surface area contributed by atoms with Crippen LogP contribution in [0.2, 0.25) is 5.02 Å². The minimum atomic E-state index is -0.923. The average Bonchev–Trinajstić information content (AvgIpc) is 2.75. The van der Waals surface area contributed by atoms with Crippen LogP contribution in [0, 0.1) is 0 Å². The molecule has 160 valence electrons. The largest absolute Gasteiger partial charge is 0.481 e. The van der Waals surface area contributed by atoms with E-state index in [0.717, 1.165) is 6.42 Å². The Morgan fingerprint density at radius 2 is 1.71 bits per heavy atom. The summed E-state index contributed by atoms with van der Waals surface area (Å²) >= 11 is 6.19. The van der Waals surface area contributed by atoms with Gasteiger partial charge in [0.25, 0.3) is 0 Å². The number of carboxylic acids is 1. The highest BCUT2D eigenvalue weighted by Gasteiger charge is 2.10. The van der Waals surface area contributed by atoms with Crippen LogP contribution in [-0.4, -0.2) is 35.6 Å². The smallest absolute Gasteiger partial charge is 0.321 e. The van der Waals surface area contributed by atoms with Gasteiger partial charge in [0.15, 0.2) is 0 Å². The quantitative estimate of drug-likeness (QED) is 0.489. The van der Waals surface area contributed by atoms with Crippen molar-refractivity contribution in [2.75, 3.05) is 18.9 Å². The first-order valence-electron chi connectivity index (χ1n) is 9.75. The van der Waals surface area contributed by atoms with E-state index >= 15 is 0 Å². The molecule has 3 aromatic rings. The zero-order chi connectivity index (χ0) is 22.2. The highest BCUT2D eigenvalue weighted by molar-refractivity contribution is 6.32. The Labute approximate surface area is 186 Å². The van der Waals surface area contributed by atoms with Gasteiger partial charge < -0.3 is 20.1 Å². The maximum absolute atomic E-state index is 12.4. The van der Waals surface area contributed by atoms with Crippen LogP contribution < -0.4 is 10.1 Å². The minimum absolute atomic E-state index is 0.103. The zero-order valence-electron chi connectivity index (χ0n) is 17.0. The van der Waals surface area contributed by atoms with E-state index in [0.29, 0.717) is 34.3 Å². The molecular weight excluding hydrogens is 416 g/mol. The Balaban J connectivity index is 1.53. The number of carboxylic acid groups (broad SMARTS) is 1. The lowest BCUT2D eigenvalue weighted by Crippen LogP contribution is -2.32.